The number of aryl methyl sites for hydroxylation is 2. The SMILES string of the molecule is CC(=O)N1CCC(C2CCN(C(=O)c3ccc(-n4c(C)ccc4C)cc3)C2)CC1. The van der Waals surface area contributed by atoms with Gasteiger partial charge in [-0.25, -0.2) is 0 Å². The van der Waals surface area contributed by atoms with Gasteiger partial charge in [-0.15, -0.1) is 0 Å². The van der Waals surface area contributed by atoms with E-state index in [0.717, 1.165) is 56.7 Å². The number of piperidine rings is 1. The van der Waals surface area contributed by atoms with Gasteiger partial charge in [0.05, 0.1) is 0 Å². The lowest BCUT2D eigenvalue weighted by molar-refractivity contribution is -0.130. The number of hydrogen-bond donors (Lipinski definition) is 0. The lowest BCUT2D eigenvalue weighted by atomic mass is 9.84. The van der Waals surface area contributed by atoms with E-state index in [1.807, 2.05) is 34.1 Å². The Hall–Kier alpha value is -2.56. The van der Waals surface area contributed by atoms with E-state index >= 15 is 0 Å². The molecule has 3 heterocycles. The summed E-state index contributed by atoms with van der Waals surface area (Å²) in [6.07, 6.45) is 3.21. The Labute approximate surface area is 173 Å². The zero-order valence-electron chi connectivity index (χ0n) is 17.7. The first-order valence-corrected chi connectivity index (χ1v) is 10.7. The maximum absolute atomic E-state index is 13.0. The first-order valence-electron chi connectivity index (χ1n) is 10.7. The average molecular weight is 394 g/mol. The smallest absolute Gasteiger partial charge is 0.253 e. The lowest BCUT2D eigenvalue weighted by Crippen LogP contribution is -2.39. The van der Waals surface area contributed by atoms with Crippen LogP contribution in [-0.2, 0) is 4.79 Å². The van der Waals surface area contributed by atoms with Gasteiger partial charge in [0.15, 0.2) is 0 Å². The predicted molar refractivity (Wildman–Crippen MR) is 114 cm³/mol. The summed E-state index contributed by atoms with van der Waals surface area (Å²) in [7, 11) is 0. The molecular weight excluding hydrogens is 362 g/mol. The average Bonchev–Trinajstić information content (AvgIpc) is 3.35. The van der Waals surface area contributed by atoms with Gasteiger partial charge in [-0.3, -0.25) is 9.59 Å². The highest BCUT2D eigenvalue weighted by Gasteiger charge is 2.34. The van der Waals surface area contributed by atoms with E-state index in [4.69, 9.17) is 0 Å². The van der Waals surface area contributed by atoms with Crippen LogP contribution in [-0.4, -0.2) is 52.4 Å². The summed E-state index contributed by atoms with van der Waals surface area (Å²) < 4.78 is 2.20. The summed E-state index contributed by atoms with van der Waals surface area (Å²) in [6.45, 7) is 9.26. The highest BCUT2D eigenvalue weighted by molar-refractivity contribution is 5.94. The summed E-state index contributed by atoms with van der Waals surface area (Å²) in [5.41, 5.74) is 4.25. The van der Waals surface area contributed by atoms with Crippen molar-refractivity contribution in [2.24, 2.45) is 11.8 Å². The molecule has 2 fully saturated rings. The van der Waals surface area contributed by atoms with Crippen LogP contribution in [0.1, 0.15) is 47.9 Å². The van der Waals surface area contributed by atoms with E-state index in [-0.39, 0.29) is 11.8 Å². The van der Waals surface area contributed by atoms with Crippen LogP contribution in [0.4, 0.5) is 0 Å². The Morgan fingerprint density at radius 3 is 1.93 bits per heavy atom. The van der Waals surface area contributed by atoms with Crippen LogP contribution in [0.5, 0.6) is 0 Å². The second kappa shape index (κ2) is 8.05. The van der Waals surface area contributed by atoms with Crippen LogP contribution in [0.2, 0.25) is 0 Å². The van der Waals surface area contributed by atoms with Crippen LogP contribution >= 0.6 is 0 Å². The van der Waals surface area contributed by atoms with Crippen molar-refractivity contribution < 1.29 is 9.59 Å². The fraction of sp³-hybridized carbons (Fsp3) is 0.500. The van der Waals surface area contributed by atoms with Gasteiger partial charge in [-0.05, 0) is 81.3 Å². The minimum Gasteiger partial charge on any atom is -0.343 e. The normalized spacial score (nSPS) is 20.3. The number of likely N-dealkylation sites (tertiary alicyclic amines) is 2. The highest BCUT2D eigenvalue weighted by atomic mass is 16.2. The maximum atomic E-state index is 13.0. The Morgan fingerprint density at radius 1 is 0.793 bits per heavy atom. The van der Waals surface area contributed by atoms with Crippen molar-refractivity contribution in [3.05, 3.63) is 53.3 Å². The van der Waals surface area contributed by atoms with Crippen LogP contribution < -0.4 is 0 Å². The third kappa shape index (κ3) is 3.96. The van der Waals surface area contributed by atoms with E-state index in [9.17, 15) is 9.59 Å². The molecule has 2 amide bonds. The third-order valence-corrected chi connectivity index (χ3v) is 6.81. The third-order valence-electron chi connectivity index (χ3n) is 6.81. The van der Waals surface area contributed by atoms with Crippen molar-refractivity contribution in [3.63, 3.8) is 0 Å². The molecular formula is C24H31N3O2. The fourth-order valence-electron chi connectivity index (χ4n) is 5.05. The highest BCUT2D eigenvalue weighted by Crippen LogP contribution is 2.32. The van der Waals surface area contributed by atoms with Gasteiger partial charge < -0.3 is 14.4 Å². The van der Waals surface area contributed by atoms with Crippen molar-refractivity contribution in [2.75, 3.05) is 26.2 Å². The molecule has 1 unspecified atom stereocenters. The zero-order chi connectivity index (χ0) is 20.5. The van der Waals surface area contributed by atoms with Gasteiger partial charge in [0.25, 0.3) is 5.91 Å². The number of carbonyl (C=O) groups excluding carboxylic acids is 2. The number of aromatic nitrogens is 1. The molecule has 29 heavy (non-hydrogen) atoms. The molecule has 5 nitrogen and oxygen atoms in total. The fourth-order valence-corrected chi connectivity index (χ4v) is 5.05. The van der Waals surface area contributed by atoms with Gasteiger partial charge in [-0.1, -0.05) is 0 Å². The van der Waals surface area contributed by atoms with Gasteiger partial charge in [0.2, 0.25) is 5.91 Å². The molecule has 0 spiro atoms. The van der Waals surface area contributed by atoms with E-state index < -0.39 is 0 Å². The number of rotatable bonds is 3. The maximum Gasteiger partial charge on any atom is 0.253 e. The molecule has 0 radical (unpaired) electrons. The Kier molecular flexibility index (Phi) is 5.48. The molecule has 5 heteroatoms. The van der Waals surface area contributed by atoms with Crippen LogP contribution in [0.15, 0.2) is 36.4 Å². The van der Waals surface area contributed by atoms with Crippen LogP contribution in [0, 0.1) is 25.7 Å². The number of benzene rings is 1. The monoisotopic (exact) mass is 393 g/mol. The molecule has 1 aromatic carbocycles. The van der Waals surface area contributed by atoms with E-state index in [1.54, 1.807) is 6.92 Å². The molecule has 2 aromatic rings. The van der Waals surface area contributed by atoms with Crippen molar-refractivity contribution in [3.8, 4) is 5.69 Å². The molecule has 2 saturated heterocycles. The minimum absolute atomic E-state index is 0.140. The van der Waals surface area contributed by atoms with E-state index in [0.29, 0.717) is 11.8 Å². The van der Waals surface area contributed by atoms with Gasteiger partial charge in [0.1, 0.15) is 0 Å². The predicted octanol–water partition coefficient (Wildman–Crippen LogP) is 3.81. The number of nitrogens with zero attached hydrogens (tertiary/aromatic N) is 3. The number of amides is 2. The summed E-state index contributed by atoms with van der Waals surface area (Å²) in [5, 5.41) is 0. The van der Waals surface area contributed by atoms with Crippen LogP contribution in [0.3, 0.4) is 0 Å². The largest absolute Gasteiger partial charge is 0.343 e. The molecule has 2 aliphatic heterocycles. The summed E-state index contributed by atoms with van der Waals surface area (Å²) in [5.74, 6) is 1.52. The Balaban J connectivity index is 1.38. The van der Waals surface area contributed by atoms with E-state index in [1.165, 1.54) is 11.4 Å². The topological polar surface area (TPSA) is 45.6 Å². The number of hydrogen-bond acceptors (Lipinski definition) is 2. The Morgan fingerprint density at radius 2 is 1.34 bits per heavy atom. The van der Waals surface area contributed by atoms with Crippen molar-refractivity contribution in [2.45, 2.75) is 40.0 Å². The molecule has 2 aliphatic rings. The number of carbonyl (C=O) groups is 2. The second-order valence-electron chi connectivity index (χ2n) is 8.64. The lowest BCUT2D eigenvalue weighted by Gasteiger charge is -2.34. The quantitative estimate of drug-likeness (QED) is 0.796. The first kappa shape index (κ1) is 19.7. The molecule has 4 rings (SSSR count). The summed E-state index contributed by atoms with van der Waals surface area (Å²) >= 11 is 0. The molecule has 0 saturated carbocycles. The molecule has 0 N–H and O–H groups in total. The summed E-state index contributed by atoms with van der Waals surface area (Å²) in [4.78, 5) is 28.5. The van der Waals surface area contributed by atoms with E-state index in [2.05, 4.69) is 30.5 Å². The minimum atomic E-state index is 0.140. The zero-order valence-corrected chi connectivity index (χ0v) is 17.7. The molecule has 0 bridgehead atoms. The standard InChI is InChI=1S/C24H31N3O2/c1-17-4-5-18(2)27(17)23-8-6-21(7-9-23)24(29)26-15-12-22(16-26)20-10-13-25(14-11-20)19(3)28/h4-9,20,22H,10-16H2,1-3H3. The van der Waals surface area contributed by atoms with Crippen molar-refractivity contribution in [1.29, 1.82) is 0 Å². The molecule has 0 aliphatic carbocycles. The van der Waals surface area contributed by atoms with Gasteiger partial charge in [-0.2, -0.15) is 0 Å². The van der Waals surface area contributed by atoms with Crippen molar-refractivity contribution >= 4 is 11.8 Å². The Bertz CT molecular complexity index is 872. The molecule has 154 valence electrons. The summed E-state index contributed by atoms with van der Waals surface area (Å²) in [6, 6.07) is 12.2. The second-order valence-corrected chi connectivity index (χ2v) is 8.64. The molecule has 1 atom stereocenters. The first-order chi connectivity index (χ1) is 13.9. The molecule has 1 aromatic heterocycles. The van der Waals surface area contributed by atoms with Gasteiger partial charge >= 0.3 is 0 Å². The van der Waals surface area contributed by atoms with Gasteiger partial charge in [0, 0.05) is 55.7 Å². The van der Waals surface area contributed by atoms with Crippen molar-refractivity contribution in [1.82, 2.24) is 14.4 Å². The van der Waals surface area contributed by atoms with Crippen LogP contribution in [0.25, 0.3) is 5.69 Å².